The minimum atomic E-state index is -0.230. The van der Waals surface area contributed by atoms with E-state index in [1.807, 2.05) is 0 Å². The van der Waals surface area contributed by atoms with E-state index >= 15 is 0 Å². The molecule has 0 unspecified atom stereocenters. The summed E-state index contributed by atoms with van der Waals surface area (Å²) in [6.07, 6.45) is 1.78. The summed E-state index contributed by atoms with van der Waals surface area (Å²) < 4.78 is 12.8. The van der Waals surface area contributed by atoms with E-state index < -0.39 is 0 Å². The van der Waals surface area contributed by atoms with Gasteiger partial charge in [-0.25, -0.2) is 4.39 Å². The molecule has 21 heavy (non-hydrogen) atoms. The predicted octanol–water partition coefficient (Wildman–Crippen LogP) is 1.17. The minimum absolute atomic E-state index is 0.0671. The van der Waals surface area contributed by atoms with E-state index in [4.69, 9.17) is 0 Å². The molecule has 1 fully saturated rings. The van der Waals surface area contributed by atoms with Crippen LogP contribution in [0.25, 0.3) is 0 Å². The Morgan fingerprint density at radius 1 is 1.38 bits per heavy atom. The maximum Gasteiger partial charge on any atom is 0.234 e. The maximum atomic E-state index is 12.8. The summed E-state index contributed by atoms with van der Waals surface area (Å²) >= 11 is 0. The molecule has 0 saturated carbocycles. The van der Waals surface area contributed by atoms with Crippen LogP contribution < -0.4 is 10.6 Å². The molecule has 4 nitrogen and oxygen atoms in total. The normalized spacial score (nSPS) is 15.0. The molecule has 1 aromatic carbocycles. The smallest absolute Gasteiger partial charge is 0.234 e. The van der Waals surface area contributed by atoms with Gasteiger partial charge in [-0.15, -0.1) is 0 Å². The first-order chi connectivity index (χ1) is 10.2. The summed E-state index contributed by atoms with van der Waals surface area (Å²) in [7, 11) is 0. The lowest BCUT2D eigenvalue weighted by Crippen LogP contribution is -2.59. The van der Waals surface area contributed by atoms with Crippen LogP contribution >= 0.6 is 0 Å². The summed E-state index contributed by atoms with van der Waals surface area (Å²) in [5.74, 6) is -0.162. The van der Waals surface area contributed by atoms with Gasteiger partial charge in [-0.3, -0.25) is 9.69 Å². The molecule has 2 rings (SSSR count). The molecular weight excluding hydrogens is 269 g/mol. The van der Waals surface area contributed by atoms with Crippen LogP contribution in [0.2, 0.25) is 0 Å². The molecule has 1 aliphatic heterocycles. The van der Waals surface area contributed by atoms with Gasteiger partial charge in [-0.2, -0.15) is 0 Å². The molecule has 0 radical (unpaired) electrons. The number of rotatable bonds is 8. The van der Waals surface area contributed by atoms with Crippen molar-refractivity contribution in [1.29, 1.82) is 0 Å². The summed E-state index contributed by atoms with van der Waals surface area (Å²) in [6.45, 7) is 6.09. The number of halogens is 1. The summed E-state index contributed by atoms with van der Waals surface area (Å²) in [5.41, 5.74) is 1.03. The SMILES string of the molecule is CCCN(CC(=O)NCCc1ccc(F)cc1)C1CNC1. The van der Waals surface area contributed by atoms with Crippen molar-refractivity contribution in [3.05, 3.63) is 35.6 Å². The van der Waals surface area contributed by atoms with Gasteiger partial charge in [0.05, 0.1) is 6.54 Å². The third-order valence-corrected chi connectivity index (χ3v) is 3.78. The first-order valence-corrected chi connectivity index (χ1v) is 7.65. The van der Waals surface area contributed by atoms with Crippen molar-refractivity contribution >= 4 is 5.91 Å². The summed E-state index contributed by atoms with van der Waals surface area (Å²) in [4.78, 5) is 14.2. The zero-order chi connectivity index (χ0) is 15.1. The van der Waals surface area contributed by atoms with E-state index in [-0.39, 0.29) is 11.7 Å². The van der Waals surface area contributed by atoms with E-state index in [1.54, 1.807) is 12.1 Å². The number of hydrogen-bond acceptors (Lipinski definition) is 3. The molecule has 2 N–H and O–H groups in total. The fourth-order valence-corrected chi connectivity index (χ4v) is 2.45. The van der Waals surface area contributed by atoms with E-state index in [2.05, 4.69) is 22.5 Å². The number of nitrogens with one attached hydrogen (secondary N) is 2. The molecule has 1 aliphatic rings. The Morgan fingerprint density at radius 2 is 2.10 bits per heavy atom. The summed E-state index contributed by atoms with van der Waals surface area (Å²) in [6, 6.07) is 6.90. The number of hydrogen-bond donors (Lipinski definition) is 2. The fourth-order valence-electron chi connectivity index (χ4n) is 2.45. The standard InChI is InChI=1S/C16H24FN3O/c1-2-9-20(15-10-18-11-15)12-16(21)19-8-7-13-3-5-14(17)6-4-13/h3-6,15,18H,2,7-12H2,1H3,(H,19,21). The van der Waals surface area contributed by atoms with Gasteiger partial charge < -0.3 is 10.6 Å². The Morgan fingerprint density at radius 3 is 2.67 bits per heavy atom. The van der Waals surface area contributed by atoms with Crippen molar-refractivity contribution in [3.63, 3.8) is 0 Å². The van der Waals surface area contributed by atoms with Gasteiger partial charge >= 0.3 is 0 Å². The van der Waals surface area contributed by atoms with Gasteiger partial charge in [0.25, 0.3) is 0 Å². The lowest BCUT2D eigenvalue weighted by Gasteiger charge is -2.37. The van der Waals surface area contributed by atoms with Gasteiger partial charge in [0.1, 0.15) is 5.82 Å². The lowest BCUT2D eigenvalue weighted by molar-refractivity contribution is -0.123. The first-order valence-electron chi connectivity index (χ1n) is 7.65. The third-order valence-electron chi connectivity index (χ3n) is 3.78. The Kier molecular flexibility index (Phi) is 6.14. The van der Waals surface area contributed by atoms with Gasteiger partial charge in [-0.1, -0.05) is 19.1 Å². The average molecular weight is 293 g/mol. The maximum absolute atomic E-state index is 12.8. The van der Waals surface area contributed by atoms with Crippen molar-refractivity contribution in [1.82, 2.24) is 15.5 Å². The number of carbonyl (C=O) groups is 1. The van der Waals surface area contributed by atoms with Crippen LogP contribution in [0.5, 0.6) is 0 Å². The quantitative estimate of drug-likeness (QED) is 0.756. The monoisotopic (exact) mass is 293 g/mol. The van der Waals surface area contributed by atoms with Gasteiger partial charge in [-0.05, 0) is 37.1 Å². The zero-order valence-electron chi connectivity index (χ0n) is 12.6. The van der Waals surface area contributed by atoms with Crippen molar-refractivity contribution in [2.24, 2.45) is 0 Å². The Labute approximate surface area is 125 Å². The largest absolute Gasteiger partial charge is 0.355 e. The Balaban J connectivity index is 1.69. The van der Waals surface area contributed by atoms with Crippen LogP contribution in [0.3, 0.4) is 0 Å². The van der Waals surface area contributed by atoms with Gasteiger partial charge in [0, 0.05) is 25.7 Å². The van der Waals surface area contributed by atoms with Crippen molar-refractivity contribution in [3.8, 4) is 0 Å². The molecule has 1 saturated heterocycles. The van der Waals surface area contributed by atoms with Crippen LogP contribution in [0.4, 0.5) is 4.39 Å². The average Bonchev–Trinajstić information content (AvgIpc) is 2.39. The second kappa shape index (κ2) is 8.10. The second-order valence-electron chi connectivity index (χ2n) is 5.51. The molecule has 0 aromatic heterocycles. The van der Waals surface area contributed by atoms with Gasteiger partial charge in [0.2, 0.25) is 5.91 Å². The molecule has 0 aliphatic carbocycles. The highest BCUT2D eigenvalue weighted by Crippen LogP contribution is 2.06. The molecule has 0 spiro atoms. The van der Waals surface area contributed by atoms with Crippen LogP contribution in [-0.4, -0.2) is 49.6 Å². The number of benzene rings is 1. The highest BCUT2D eigenvalue weighted by Gasteiger charge is 2.25. The predicted molar refractivity (Wildman–Crippen MR) is 81.6 cm³/mol. The van der Waals surface area contributed by atoms with Crippen LogP contribution in [0.15, 0.2) is 24.3 Å². The van der Waals surface area contributed by atoms with Crippen LogP contribution in [-0.2, 0) is 11.2 Å². The summed E-state index contributed by atoms with van der Waals surface area (Å²) in [5, 5.41) is 6.18. The zero-order valence-corrected chi connectivity index (χ0v) is 12.6. The molecule has 0 atom stereocenters. The number of nitrogens with zero attached hydrogens (tertiary/aromatic N) is 1. The molecule has 116 valence electrons. The Hall–Kier alpha value is -1.46. The van der Waals surface area contributed by atoms with Crippen molar-refractivity contribution < 1.29 is 9.18 Å². The minimum Gasteiger partial charge on any atom is -0.355 e. The molecule has 1 heterocycles. The van der Waals surface area contributed by atoms with E-state index in [0.29, 0.717) is 19.1 Å². The topological polar surface area (TPSA) is 44.4 Å². The molecule has 1 amide bonds. The second-order valence-corrected chi connectivity index (χ2v) is 5.51. The molecule has 1 aromatic rings. The molecular formula is C16H24FN3O. The lowest BCUT2D eigenvalue weighted by atomic mass is 10.1. The van der Waals surface area contributed by atoms with Crippen LogP contribution in [0.1, 0.15) is 18.9 Å². The highest BCUT2D eigenvalue weighted by molar-refractivity contribution is 5.78. The Bertz CT molecular complexity index is 445. The third kappa shape index (κ3) is 5.10. The number of amides is 1. The van der Waals surface area contributed by atoms with Crippen molar-refractivity contribution in [2.45, 2.75) is 25.8 Å². The fraction of sp³-hybridized carbons (Fsp3) is 0.562. The highest BCUT2D eigenvalue weighted by atomic mass is 19.1. The van der Waals surface area contributed by atoms with E-state index in [0.717, 1.165) is 38.0 Å². The van der Waals surface area contributed by atoms with Crippen molar-refractivity contribution in [2.75, 3.05) is 32.7 Å². The van der Waals surface area contributed by atoms with Crippen LogP contribution in [0, 0.1) is 5.82 Å². The number of carbonyl (C=O) groups excluding carboxylic acids is 1. The first kappa shape index (κ1) is 15.9. The molecule has 0 bridgehead atoms. The molecule has 5 heteroatoms. The van der Waals surface area contributed by atoms with E-state index in [9.17, 15) is 9.18 Å². The van der Waals surface area contributed by atoms with Gasteiger partial charge in [0.15, 0.2) is 0 Å². The van der Waals surface area contributed by atoms with E-state index in [1.165, 1.54) is 12.1 Å².